The summed E-state index contributed by atoms with van der Waals surface area (Å²) in [6.45, 7) is 0. The summed E-state index contributed by atoms with van der Waals surface area (Å²) in [7, 11) is 0. The lowest BCUT2D eigenvalue weighted by Gasteiger charge is -2.15. The number of aromatic nitrogens is 4. The van der Waals surface area contributed by atoms with Gasteiger partial charge in [-0.05, 0) is 69.4 Å². The molecule has 0 aliphatic carbocycles. The molecule has 0 saturated heterocycles. The van der Waals surface area contributed by atoms with Crippen molar-refractivity contribution in [2.24, 2.45) is 0 Å². The lowest BCUT2D eigenvalue weighted by Crippen LogP contribution is -2.00. The van der Waals surface area contributed by atoms with Gasteiger partial charge in [0.1, 0.15) is 11.2 Å². The maximum Gasteiger partial charge on any atom is 0.164 e. The van der Waals surface area contributed by atoms with E-state index in [9.17, 15) is 0 Å². The quantitative estimate of drug-likeness (QED) is 0.169. The Labute approximate surface area is 345 Å². The third kappa shape index (κ3) is 5.52. The van der Waals surface area contributed by atoms with Gasteiger partial charge in [0, 0.05) is 32.8 Å². The Morgan fingerprint density at radius 3 is 1.67 bits per heavy atom. The second-order valence-corrected chi connectivity index (χ2v) is 15.2. The van der Waals surface area contributed by atoms with Crippen LogP contribution in [0.1, 0.15) is 0 Å². The minimum absolute atomic E-state index is 0.579. The topological polar surface area (TPSA) is 56.7 Å². The van der Waals surface area contributed by atoms with E-state index in [1.165, 1.54) is 32.7 Å². The fourth-order valence-corrected chi connectivity index (χ4v) is 8.89. The molecule has 5 nitrogen and oxygen atoms in total. The van der Waals surface area contributed by atoms with Crippen LogP contribution in [0.25, 0.3) is 117 Å². The average Bonchev–Trinajstić information content (AvgIpc) is 3.87. The van der Waals surface area contributed by atoms with Gasteiger partial charge in [0.15, 0.2) is 17.5 Å². The van der Waals surface area contributed by atoms with E-state index in [4.69, 9.17) is 19.4 Å². The average molecular weight is 767 g/mol. The maximum absolute atomic E-state index is 6.97. The Balaban J connectivity index is 1.19. The van der Waals surface area contributed by atoms with E-state index in [0.717, 1.165) is 66.5 Å². The van der Waals surface area contributed by atoms with Crippen LogP contribution in [0, 0.1) is 0 Å². The van der Waals surface area contributed by atoms with Crippen LogP contribution in [0.4, 0.5) is 0 Å². The SMILES string of the molecule is c1ccc(-c2ccc3c(c2)c2ccccc2n3-c2cc(-c3cccc4ccccc34)cc3oc4cccc(-c5nc(-c6ccccc6)nc(-c6ccccc6)n5)c4c23)cc1. The molecule has 3 heterocycles. The van der Waals surface area contributed by atoms with Gasteiger partial charge in [-0.1, -0.05) is 170 Å². The Morgan fingerprint density at radius 1 is 0.333 bits per heavy atom. The summed E-state index contributed by atoms with van der Waals surface area (Å²) in [5.41, 5.74) is 12.1. The Hall–Kier alpha value is -8.15. The molecule has 0 amide bonds. The number of nitrogens with zero attached hydrogens (tertiary/aromatic N) is 4. The van der Waals surface area contributed by atoms with E-state index in [1.54, 1.807) is 0 Å². The molecule has 0 spiro atoms. The summed E-state index contributed by atoms with van der Waals surface area (Å²) in [6.07, 6.45) is 0. The molecule has 3 aromatic heterocycles. The smallest absolute Gasteiger partial charge is 0.164 e. The summed E-state index contributed by atoms with van der Waals surface area (Å²) in [5.74, 6) is 1.80. The van der Waals surface area contributed by atoms with Gasteiger partial charge in [-0.2, -0.15) is 0 Å². The number of furan rings is 1. The van der Waals surface area contributed by atoms with Crippen LogP contribution in [-0.4, -0.2) is 19.5 Å². The summed E-state index contributed by atoms with van der Waals surface area (Å²) in [4.78, 5) is 15.4. The van der Waals surface area contributed by atoms with Crippen LogP contribution in [0.15, 0.2) is 211 Å². The van der Waals surface area contributed by atoms with E-state index in [-0.39, 0.29) is 0 Å². The molecule has 0 aliphatic heterocycles. The zero-order chi connectivity index (χ0) is 39.6. The van der Waals surface area contributed by atoms with Crippen molar-refractivity contribution in [1.29, 1.82) is 0 Å². The van der Waals surface area contributed by atoms with Crippen LogP contribution >= 0.6 is 0 Å². The molecule has 9 aromatic carbocycles. The first-order chi connectivity index (χ1) is 29.7. The summed E-state index contributed by atoms with van der Waals surface area (Å²) < 4.78 is 9.39. The third-order valence-corrected chi connectivity index (χ3v) is 11.6. The Morgan fingerprint density at radius 2 is 0.917 bits per heavy atom. The van der Waals surface area contributed by atoms with Crippen LogP contribution in [0.3, 0.4) is 0 Å². The van der Waals surface area contributed by atoms with Crippen LogP contribution in [0.5, 0.6) is 0 Å². The van der Waals surface area contributed by atoms with Crippen molar-refractivity contribution < 1.29 is 4.42 Å². The second kappa shape index (κ2) is 13.8. The third-order valence-electron chi connectivity index (χ3n) is 11.6. The van der Waals surface area contributed by atoms with Crippen LogP contribution in [0.2, 0.25) is 0 Å². The predicted molar refractivity (Wildman–Crippen MR) is 246 cm³/mol. The monoisotopic (exact) mass is 766 g/mol. The van der Waals surface area contributed by atoms with Gasteiger partial charge in [-0.3, -0.25) is 0 Å². The number of hydrogen-bond donors (Lipinski definition) is 0. The van der Waals surface area contributed by atoms with Gasteiger partial charge in [0.2, 0.25) is 0 Å². The van der Waals surface area contributed by atoms with Crippen molar-refractivity contribution in [1.82, 2.24) is 19.5 Å². The Kier molecular flexibility index (Phi) is 7.78. The second-order valence-electron chi connectivity index (χ2n) is 15.2. The largest absolute Gasteiger partial charge is 0.456 e. The molecule has 0 unspecified atom stereocenters. The maximum atomic E-state index is 6.97. The molecular formula is C55H34N4O. The van der Waals surface area contributed by atoms with E-state index < -0.39 is 0 Å². The van der Waals surface area contributed by atoms with Crippen molar-refractivity contribution in [3.8, 4) is 62.1 Å². The molecule has 0 atom stereocenters. The number of hydrogen-bond acceptors (Lipinski definition) is 4. The minimum Gasteiger partial charge on any atom is -0.456 e. The standard InChI is InChI=1S/C55H34N4O/c1-4-16-35(17-5-1)39-30-31-47-45(32-39)43-25-12-13-28-46(43)59(47)48-33-40(42-26-14-23-36-18-10-11-24-41(36)42)34-50-52(48)51-44(27-15-29-49(51)60-50)55-57-53(37-19-6-2-7-20-37)56-54(58-55)38-21-8-3-9-22-38/h1-34H. The molecule has 0 radical (unpaired) electrons. The minimum atomic E-state index is 0.579. The van der Waals surface area contributed by atoms with Gasteiger partial charge < -0.3 is 8.98 Å². The highest BCUT2D eigenvalue weighted by Crippen LogP contribution is 2.45. The van der Waals surface area contributed by atoms with Crippen molar-refractivity contribution in [3.63, 3.8) is 0 Å². The lowest BCUT2D eigenvalue weighted by molar-refractivity contribution is 0.669. The van der Waals surface area contributed by atoms with Crippen LogP contribution < -0.4 is 0 Å². The van der Waals surface area contributed by atoms with Gasteiger partial charge in [-0.15, -0.1) is 0 Å². The lowest BCUT2D eigenvalue weighted by atomic mass is 9.95. The molecule has 0 saturated carbocycles. The number of fused-ring (bicyclic) bond motifs is 7. The Bertz CT molecular complexity index is 3530. The number of benzene rings is 9. The van der Waals surface area contributed by atoms with Crippen molar-refractivity contribution in [2.75, 3.05) is 0 Å². The van der Waals surface area contributed by atoms with Crippen LogP contribution in [-0.2, 0) is 0 Å². The fourth-order valence-electron chi connectivity index (χ4n) is 8.89. The number of rotatable bonds is 6. The molecule has 0 aliphatic rings. The highest BCUT2D eigenvalue weighted by molar-refractivity contribution is 6.19. The molecule has 0 fully saturated rings. The van der Waals surface area contributed by atoms with Gasteiger partial charge in [0.05, 0.1) is 22.1 Å². The zero-order valence-electron chi connectivity index (χ0n) is 32.3. The normalized spacial score (nSPS) is 11.7. The summed E-state index contributed by atoms with van der Waals surface area (Å²) in [6, 6.07) is 72.2. The molecule has 12 aromatic rings. The van der Waals surface area contributed by atoms with E-state index in [1.807, 2.05) is 66.7 Å². The molecule has 280 valence electrons. The van der Waals surface area contributed by atoms with Crippen molar-refractivity contribution in [2.45, 2.75) is 0 Å². The predicted octanol–water partition coefficient (Wildman–Crippen LogP) is 14.4. The van der Waals surface area contributed by atoms with Crippen molar-refractivity contribution in [3.05, 3.63) is 206 Å². The molecule has 5 heteroatoms. The van der Waals surface area contributed by atoms with Gasteiger partial charge >= 0.3 is 0 Å². The van der Waals surface area contributed by atoms with E-state index in [0.29, 0.717) is 17.5 Å². The highest BCUT2D eigenvalue weighted by Gasteiger charge is 2.24. The van der Waals surface area contributed by atoms with Gasteiger partial charge in [0.25, 0.3) is 0 Å². The van der Waals surface area contributed by atoms with E-state index >= 15 is 0 Å². The molecule has 0 N–H and O–H groups in total. The summed E-state index contributed by atoms with van der Waals surface area (Å²) in [5, 5.41) is 6.67. The molecule has 0 bridgehead atoms. The first-order valence-electron chi connectivity index (χ1n) is 20.2. The summed E-state index contributed by atoms with van der Waals surface area (Å²) >= 11 is 0. The first kappa shape index (κ1) is 33.9. The number of para-hydroxylation sites is 1. The van der Waals surface area contributed by atoms with Crippen molar-refractivity contribution >= 4 is 54.5 Å². The zero-order valence-corrected chi connectivity index (χ0v) is 32.3. The van der Waals surface area contributed by atoms with Gasteiger partial charge in [-0.25, -0.2) is 15.0 Å². The fraction of sp³-hybridized carbons (Fsp3) is 0. The highest BCUT2D eigenvalue weighted by atomic mass is 16.3. The molecule has 60 heavy (non-hydrogen) atoms. The van der Waals surface area contributed by atoms with E-state index in [2.05, 4.69) is 144 Å². The molecule has 12 rings (SSSR count). The molecular weight excluding hydrogens is 733 g/mol. The first-order valence-corrected chi connectivity index (χ1v) is 20.2.